The molecule has 1 fully saturated rings. The second-order valence-corrected chi connectivity index (χ2v) is 8.15. The molecule has 0 unspecified atom stereocenters. The Morgan fingerprint density at radius 2 is 1.93 bits per heavy atom. The Morgan fingerprint density at radius 3 is 2.62 bits per heavy atom. The van der Waals surface area contributed by atoms with E-state index in [0.29, 0.717) is 6.10 Å². The third-order valence-electron chi connectivity index (χ3n) is 4.98. The number of rotatable bonds is 9. The number of piperidine rings is 1. The maximum atomic E-state index is 6.09. The number of halogens is 1. The number of ether oxygens (including phenoxy) is 1. The Morgan fingerprint density at radius 1 is 1.14 bits per heavy atom. The number of aliphatic imine (C=N–C) groups is 1. The monoisotopic (exact) mass is 528 g/mol. The summed E-state index contributed by atoms with van der Waals surface area (Å²) in [6.45, 7) is 5.79. The zero-order chi connectivity index (χ0) is 19.4. The fourth-order valence-electron chi connectivity index (χ4n) is 3.41. The summed E-state index contributed by atoms with van der Waals surface area (Å²) in [5, 5.41) is 8.79. The number of thiophene rings is 1. The van der Waals surface area contributed by atoms with Crippen molar-refractivity contribution in [3.8, 4) is 0 Å². The first-order valence-corrected chi connectivity index (χ1v) is 11.1. The summed E-state index contributed by atoms with van der Waals surface area (Å²) in [5.74, 6) is 0.850. The van der Waals surface area contributed by atoms with Gasteiger partial charge < -0.3 is 15.4 Å². The minimum Gasteiger partial charge on any atom is -0.378 e. The number of hydrogen-bond donors (Lipinski definition) is 2. The molecule has 29 heavy (non-hydrogen) atoms. The average molecular weight is 529 g/mol. The number of benzene rings is 1. The Balaban J connectivity index is 0.00000300. The number of guanidine groups is 1. The maximum Gasteiger partial charge on any atom is 0.191 e. The summed E-state index contributed by atoms with van der Waals surface area (Å²) in [6.07, 6.45) is 3.65. The van der Waals surface area contributed by atoms with Gasteiger partial charge in [-0.1, -0.05) is 36.4 Å². The van der Waals surface area contributed by atoms with E-state index in [-0.39, 0.29) is 24.0 Å². The Bertz CT molecular complexity index is 688. The molecular weight excluding hydrogens is 495 g/mol. The highest BCUT2D eigenvalue weighted by molar-refractivity contribution is 14.0. The Hall–Kier alpha value is -1.16. The van der Waals surface area contributed by atoms with Crippen LogP contribution in [0.25, 0.3) is 0 Å². The van der Waals surface area contributed by atoms with E-state index in [2.05, 4.69) is 68.4 Å². The maximum absolute atomic E-state index is 6.09. The summed E-state index contributed by atoms with van der Waals surface area (Å²) < 4.78 is 6.09. The molecule has 1 aromatic heterocycles. The molecule has 1 saturated heterocycles. The van der Waals surface area contributed by atoms with Crippen LogP contribution in [-0.2, 0) is 17.8 Å². The number of hydrogen-bond acceptors (Lipinski definition) is 4. The third-order valence-corrected chi connectivity index (χ3v) is 5.86. The van der Waals surface area contributed by atoms with Gasteiger partial charge in [0.05, 0.1) is 12.6 Å². The minimum atomic E-state index is 0. The summed E-state index contributed by atoms with van der Waals surface area (Å²) in [5.41, 5.74) is 1.40. The molecule has 1 aromatic carbocycles. The molecule has 0 amide bonds. The van der Waals surface area contributed by atoms with Gasteiger partial charge in [-0.15, -0.1) is 35.3 Å². The molecule has 2 aromatic rings. The molecule has 5 nitrogen and oxygen atoms in total. The van der Waals surface area contributed by atoms with Gasteiger partial charge in [0, 0.05) is 44.7 Å². The van der Waals surface area contributed by atoms with Crippen LogP contribution in [0, 0.1) is 0 Å². The van der Waals surface area contributed by atoms with E-state index in [1.807, 2.05) is 7.05 Å². The normalized spacial score (nSPS) is 15.7. The molecule has 0 atom stereocenters. The van der Waals surface area contributed by atoms with E-state index in [4.69, 9.17) is 4.74 Å². The van der Waals surface area contributed by atoms with Gasteiger partial charge in [0.2, 0.25) is 0 Å². The van der Waals surface area contributed by atoms with Crippen molar-refractivity contribution < 1.29 is 4.74 Å². The van der Waals surface area contributed by atoms with Crippen LogP contribution < -0.4 is 10.6 Å². The smallest absolute Gasteiger partial charge is 0.191 e. The molecule has 2 N–H and O–H groups in total. The van der Waals surface area contributed by atoms with Crippen molar-refractivity contribution in [3.05, 3.63) is 58.3 Å². The second kappa shape index (κ2) is 14.0. The molecular formula is C22H33IN4OS. The van der Waals surface area contributed by atoms with Gasteiger partial charge in [-0.3, -0.25) is 9.89 Å². The van der Waals surface area contributed by atoms with Crippen LogP contribution in [0.5, 0.6) is 0 Å². The first kappa shape index (κ1) is 24.1. The van der Waals surface area contributed by atoms with Gasteiger partial charge in [0.15, 0.2) is 5.96 Å². The number of nitrogens with zero attached hydrogens (tertiary/aromatic N) is 2. The van der Waals surface area contributed by atoms with E-state index in [1.54, 1.807) is 11.3 Å². The quantitative estimate of drug-likeness (QED) is 0.223. The highest BCUT2D eigenvalue weighted by atomic mass is 127. The van der Waals surface area contributed by atoms with Gasteiger partial charge in [-0.2, -0.15) is 0 Å². The SMILES string of the molecule is CN=C(NCCCOC1CCN(Cc2ccccc2)CC1)NCc1cccs1.I. The van der Waals surface area contributed by atoms with Gasteiger partial charge in [0.1, 0.15) is 0 Å². The molecule has 0 spiro atoms. The molecule has 160 valence electrons. The number of nitrogens with one attached hydrogen (secondary N) is 2. The molecule has 3 rings (SSSR count). The van der Waals surface area contributed by atoms with Crippen molar-refractivity contribution in [1.29, 1.82) is 0 Å². The van der Waals surface area contributed by atoms with Crippen molar-refractivity contribution in [3.63, 3.8) is 0 Å². The molecule has 1 aliphatic heterocycles. The summed E-state index contributed by atoms with van der Waals surface area (Å²) in [6, 6.07) is 14.9. The predicted octanol–water partition coefficient (Wildman–Crippen LogP) is 4.10. The van der Waals surface area contributed by atoms with Crippen LogP contribution in [0.15, 0.2) is 52.8 Å². The molecule has 2 heterocycles. The van der Waals surface area contributed by atoms with Crippen molar-refractivity contribution in [2.45, 2.75) is 38.5 Å². The highest BCUT2D eigenvalue weighted by Gasteiger charge is 2.19. The fourth-order valence-corrected chi connectivity index (χ4v) is 4.05. The molecule has 1 aliphatic rings. The Labute approximate surface area is 196 Å². The second-order valence-electron chi connectivity index (χ2n) is 7.12. The lowest BCUT2D eigenvalue weighted by atomic mass is 10.1. The van der Waals surface area contributed by atoms with Gasteiger partial charge in [-0.05, 0) is 36.3 Å². The third kappa shape index (κ3) is 9.02. The van der Waals surface area contributed by atoms with E-state index >= 15 is 0 Å². The summed E-state index contributed by atoms with van der Waals surface area (Å²) in [4.78, 5) is 8.11. The zero-order valence-electron chi connectivity index (χ0n) is 17.2. The standard InChI is InChI=1S/C22H32N4OS.HI/c1-23-22(25-17-21-9-5-16-28-21)24-12-6-15-27-20-10-13-26(14-11-20)18-19-7-3-2-4-8-19;/h2-5,7-9,16,20H,6,10-15,17-18H2,1H3,(H2,23,24,25);1H. The number of likely N-dealkylation sites (tertiary alicyclic amines) is 1. The lowest BCUT2D eigenvalue weighted by Gasteiger charge is -2.32. The predicted molar refractivity (Wildman–Crippen MR) is 133 cm³/mol. The van der Waals surface area contributed by atoms with E-state index in [9.17, 15) is 0 Å². The van der Waals surface area contributed by atoms with E-state index in [0.717, 1.165) is 64.6 Å². The first-order valence-electron chi connectivity index (χ1n) is 10.2. The average Bonchev–Trinajstić information content (AvgIpc) is 3.26. The van der Waals surface area contributed by atoms with Crippen LogP contribution in [-0.4, -0.2) is 50.3 Å². The summed E-state index contributed by atoms with van der Waals surface area (Å²) in [7, 11) is 1.81. The topological polar surface area (TPSA) is 48.9 Å². The highest BCUT2D eigenvalue weighted by Crippen LogP contribution is 2.16. The van der Waals surface area contributed by atoms with Crippen LogP contribution in [0.1, 0.15) is 29.7 Å². The van der Waals surface area contributed by atoms with Crippen LogP contribution in [0.3, 0.4) is 0 Å². The molecule has 0 radical (unpaired) electrons. The lowest BCUT2D eigenvalue weighted by Crippen LogP contribution is -2.38. The van der Waals surface area contributed by atoms with E-state index in [1.165, 1.54) is 10.4 Å². The first-order chi connectivity index (χ1) is 13.8. The molecule has 0 aliphatic carbocycles. The van der Waals surface area contributed by atoms with Gasteiger partial charge in [0.25, 0.3) is 0 Å². The van der Waals surface area contributed by atoms with Crippen molar-refractivity contribution >= 4 is 41.3 Å². The molecule has 0 saturated carbocycles. The van der Waals surface area contributed by atoms with Crippen LogP contribution in [0.4, 0.5) is 0 Å². The minimum absolute atomic E-state index is 0. The molecule has 0 bridgehead atoms. The fraction of sp³-hybridized carbons (Fsp3) is 0.500. The van der Waals surface area contributed by atoms with Gasteiger partial charge in [-0.25, -0.2) is 0 Å². The van der Waals surface area contributed by atoms with Crippen molar-refractivity contribution in [2.75, 3.05) is 33.3 Å². The van der Waals surface area contributed by atoms with Crippen molar-refractivity contribution in [1.82, 2.24) is 15.5 Å². The zero-order valence-corrected chi connectivity index (χ0v) is 20.3. The van der Waals surface area contributed by atoms with E-state index < -0.39 is 0 Å². The largest absolute Gasteiger partial charge is 0.378 e. The van der Waals surface area contributed by atoms with Crippen LogP contribution >= 0.6 is 35.3 Å². The molecule has 7 heteroatoms. The summed E-state index contributed by atoms with van der Waals surface area (Å²) >= 11 is 1.75. The lowest BCUT2D eigenvalue weighted by molar-refractivity contribution is 0.00534. The van der Waals surface area contributed by atoms with Crippen LogP contribution in [0.2, 0.25) is 0 Å². The van der Waals surface area contributed by atoms with Crippen molar-refractivity contribution in [2.24, 2.45) is 4.99 Å². The Kier molecular flexibility index (Phi) is 11.6. The van der Waals surface area contributed by atoms with Gasteiger partial charge >= 0.3 is 0 Å².